The molecule has 0 amide bonds. The van der Waals surface area contributed by atoms with Crippen molar-refractivity contribution in [2.24, 2.45) is 11.8 Å². The Kier molecular flexibility index (Phi) is 8.28. The van der Waals surface area contributed by atoms with Crippen molar-refractivity contribution in [3.05, 3.63) is 89.0 Å². The zero-order valence-electron chi connectivity index (χ0n) is 25.3. The van der Waals surface area contributed by atoms with Gasteiger partial charge < -0.3 is 24.0 Å². The molecule has 5 nitrogen and oxygen atoms in total. The summed E-state index contributed by atoms with van der Waals surface area (Å²) in [7, 11) is 7.64. The molecule has 6 rings (SSSR count). The molecule has 3 aromatic rings. The highest BCUT2D eigenvalue weighted by Crippen LogP contribution is 2.44. The molecule has 2 saturated heterocycles. The molecule has 3 atom stereocenters. The van der Waals surface area contributed by atoms with Gasteiger partial charge in [0.05, 0.1) is 21.3 Å². The summed E-state index contributed by atoms with van der Waals surface area (Å²) in [5, 5.41) is 0. The van der Waals surface area contributed by atoms with E-state index in [1.807, 2.05) is 7.11 Å². The molecule has 2 heterocycles. The lowest BCUT2D eigenvalue weighted by Crippen LogP contribution is -2.51. The van der Waals surface area contributed by atoms with Gasteiger partial charge in [-0.3, -0.25) is 0 Å². The van der Waals surface area contributed by atoms with Gasteiger partial charge >= 0.3 is 0 Å². The molecule has 0 spiro atoms. The highest BCUT2D eigenvalue weighted by atomic mass is 16.5. The van der Waals surface area contributed by atoms with E-state index in [1.165, 1.54) is 48.2 Å². The van der Waals surface area contributed by atoms with Crippen molar-refractivity contribution in [3.63, 3.8) is 0 Å². The van der Waals surface area contributed by atoms with Gasteiger partial charge in [-0.2, -0.15) is 0 Å². The van der Waals surface area contributed by atoms with Crippen LogP contribution < -0.4 is 14.2 Å². The third-order valence-corrected chi connectivity index (χ3v) is 10.5. The summed E-state index contributed by atoms with van der Waals surface area (Å²) in [6.45, 7) is 4.65. The van der Waals surface area contributed by atoms with E-state index in [9.17, 15) is 0 Å². The number of hydrogen-bond acceptors (Lipinski definition) is 5. The molecule has 41 heavy (non-hydrogen) atoms. The molecule has 0 aromatic heterocycles. The van der Waals surface area contributed by atoms with Crippen LogP contribution in [-0.2, 0) is 18.3 Å². The van der Waals surface area contributed by atoms with Crippen molar-refractivity contribution in [3.8, 4) is 17.2 Å². The Labute approximate surface area is 246 Å². The second-order valence-electron chi connectivity index (χ2n) is 12.5. The van der Waals surface area contributed by atoms with Crippen LogP contribution in [0.3, 0.4) is 0 Å². The number of piperidine rings is 2. The van der Waals surface area contributed by atoms with Crippen LogP contribution in [0.2, 0.25) is 0 Å². The first-order valence-corrected chi connectivity index (χ1v) is 15.4. The molecule has 0 radical (unpaired) electrons. The van der Waals surface area contributed by atoms with Crippen LogP contribution in [-0.4, -0.2) is 70.4 Å². The van der Waals surface area contributed by atoms with E-state index in [0.29, 0.717) is 6.04 Å². The van der Waals surface area contributed by atoms with Gasteiger partial charge in [-0.05, 0) is 130 Å². The molecule has 2 fully saturated rings. The van der Waals surface area contributed by atoms with Gasteiger partial charge in [0.2, 0.25) is 0 Å². The summed E-state index contributed by atoms with van der Waals surface area (Å²) in [6.07, 6.45) is 7.17. The quantitative estimate of drug-likeness (QED) is 0.330. The van der Waals surface area contributed by atoms with E-state index in [4.69, 9.17) is 14.2 Å². The molecule has 0 N–H and O–H groups in total. The Morgan fingerprint density at radius 2 is 1.41 bits per heavy atom. The van der Waals surface area contributed by atoms with Crippen molar-refractivity contribution >= 4 is 0 Å². The zero-order chi connectivity index (χ0) is 28.4. The molecule has 1 aliphatic carbocycles. The predicted molar refractivity (Wildman–Crippen MR) is 165 cm³/mol. The van der Waals surface area contributed by atoms with Gasteiger partial charge in [0, 0.05) is 18.0 Å². The fourth-order valence-corrected chi connectivity index (χ4v) is 8.11. The summed E-state index contributed by atoms with van der Waals surface area (Å²) in [5.41, 5.74) is 5.73. The van der Waals surface area contributed by atoms with Crippen molar-refractivity contribution in [2.45, 2.75) is 50.0 Å². The maximum atomic E-state index is 5.74. The summed E-state index contributed by atoms with van der Waals surface area (Å²) in [4.78, 5) is 5.38. The van der Waals surface area contributed by atoms with Crippen LogP contribution in [0.1, 0.15) is 47.9 Å². The lowest BCUT2D eigenvalue weighted by atomic mass is 9.68. The predicted octanol–water partition coefficient (Wildman–Crippen LogP) is 6.22. The molecule has 3 aliphatic rings. The molecular formula is C36H46N2O3. The number of likely N-dealkylation sites (tertiary alicyclic amines) is 2. The topological polar surface area (TPSA) is 34.2 Å². The minimum atomic E-state index is 0.0157. The molecule has 5 heteroatoms. The van der Waals surface area contributed by atoms with Crippen LogP contribution >= 0.6 is 0 Å². The highest BCUT2D eigenvalue weighted by molar-refractivity contribution is 5.45. The van der Waals surface area contributed by atoms with Crippen LogP contribution in [0, 0.1) is 11.8 Å². The highest BCUT2D eigenvalue weighted by Gasteiger charge is 2.40. The van der Waals surface area contributed by atoms with E-state index < -0.39 is 0 Å². The molecule has 0 bridgehead atoms. The standard InChI is InChI=1S/C36H46N2O3/c1-37-25-26(22-28-23-33-27(24-34(28)37)6-5-7-35(33)41-4)16-19-38-20-17-36(18-21-38,29-8-12-31(39-2)13-9-29)30-10-14-32(40-3)15-11-30/h5-15,26,28,34H,16-25H2,1-4H3/t26-,28-,34-/m1/s1. The van der Waals surface area contributed by atoms with Gasteiger partial charge in [0.1, 0.15) is 17.2 Å². The van der Waals surface area contributed by atoms with Crippen LogP contribution in [0.4, 0.5) is 0 Å². The second kappa shape index (κ2) is 12.1. The smallest absolute Gasteiger partial charge is 0.122 e. The molecule has 0 saturated carbocycles. The third kappa shape index (κ3) is 5.59. The maximum absolute atomic E-state index is 5.74. The van der Waals surface area contributed by atoms with E-state index in [-0.39, 0.29) is 5.41 Å². The monoisotopic (exact) mass is 554 g/mol. The van der Waals surface area contributed by atoms with Gasteiger partial charge in [-0.1, -0.05) is 36.4 Å². The molecule has 218 valence electrons. The van der Waals surface area contributed by atoms with Crippen molar-refractivity contribution in [1.29, 1.82) is 0 Å². The SMILES string of the molecule is COc1ccc(C2(c3ccc(OC)cc3)CCN(CC[C@@H]3C[C@@H]4Cc5c(cccc5OC)C[C@H]4N(C)C3)CC2)cc1. The van der Waals surface area contributed by atoms with Crippen LogP contribution in [0.15, 0.2) is 66.7 Å². The first kappa shape index (κ1) is 28.1. The Morgan fingerprint density at radius 3 is 2.00 bits per heavy atom. The zero-order valence-corrected chi connectivity index (χ0v) is 25.3. The van der Waals surface area contributed by atoms with E-state index in [2.05, 4.69) is 83.6 Å². The summed E-state index contributed by atoms with van der Waals surface area (Å²) in [5.74, 6) is 4.39. The lowest BCUT2D eigenvalue weighted by Gasteiger charge is -2.47. The Hall–Kier alpha value is -3.02. The average molecular weight is 555 g/mol. The fourth-order valence-electron chi connectivity index (χ4n) is 8.11. The first-order chi connectivity index (χ1) is 20.0. The number of hydrogen-bond donors (Lipinski definition) is 0. The number of benzene rings is 3. The fraction of sp³-hybridized carbons (Fsp3) is 0.500. The van der Waals surface area contributed by atoms with Gasteiger partial charge in [0.25, 0.3) is 0 Å². The minimum absolute atomic E-state index is 0.0157. The van der Waals surface area contributed by atoms with Gasteiger partial charge in [-0.15, -0.1) is 0 Å². The van der Waals surface area contributed by atoms with Crippen molar-refractivity contribution < 1.29 is 14.2 Å². The maximum Gasteiger partial charge on any atom is 0.122 e. The lowest BCUT2D eigenvalue weighted by molar-refractivity contribution is 0.0601. The van der Waals surface area contributed by atoms with Crippen LogP contribution in [0.5, 0.6) is 17.2 Å². The Morgan fingerprint density at radius 1 is 0.780 bits per heavy atom. The first-order valence-electron chi connectivity index (χ1n) is 15.4. The normalized spacial score (nSPS) is 24.2. The molecule has 2 aliphatic heterocycles. The number of ether oxygens (including phenoxy) is 3. The average Bonchev–Trinajstić information content (AvgIpc) is 3.03. The molecular weight excluding hydrogens is 508 g/mol. The van der Waals surface area contributed by atoms with Gasteiger partial charge in [-0.25, -0.2) is 0 Å². The number of fused-ring (bicyclic) bond motifs is 2. The van der Waals surface area contributed by atoms with Gasteiger partial charge in [0.15, 0.2) is 0 Å². The van der Waals surface area contributed by atoms with Crippen LogP contribution in [0.25, 0.3) is 0 Å². The van der Waals surface area contributed by atoms with E-state index in [1.54, 1.807) is 14.2 Å². The second-order valence-corrected chi connectivity index (χ2v) is 12.5. The molecule has 0 unspecified atom stereocenters. The number of methoxy groups -OCH3 is 3. The summed E-state index contributed by atoms with van der Waals surface area (Å²) >= 11 is 0. The Balaban J connectivity index is 1.11. The minimum Gasteiger partial charge on any atom is -0.497 e. The number of nitrogens with zero attached hydrogens (tertiary/aromatic N) is 2. The largest absolute Gasteiger partial charge is 0.497 e. The van der Waals surface area contributed by atoms with Crippen molar-refractivity contribution in [2.75, 3.05) is 54.6 Å². The number of likely N-dealkylation sites (N-methyl/N-ethyl adjacent to an activating group) is 1. The number of rotatable bonds is 8. The van der Waals surface area contributed by atoms with E-state index >= 15 is 0 Å². The van der Waals surface area contributed by atoms with E-state index in [0.717, 1.165) is 67.9 Å². The molecule has 3 aromatic carbocycles. The summed E-state index contributed by atoms with van der Waals surface area (Å²) in [6, 6.07) is 24.8. The summed E-state index contributed by atoms with van der Waals surface area (Å²) < 4.78 is 16.7. The Bertz CT molecular complexity index is 1250. The third-order valence-electron chi connectivity index (χ3n) is 10.5. The van der Waals surface area contributed by atoms with Crippen molar-refractivity contribution in [1.82, 2.24) is 9.80 Å².